The Balaban J connectivity index is 1.83. The van der Waals surface area contributed by atoms with Crippen LogP contribution in [0.25, 0.3) is 0 Å². The minimum atomic E-state index is -0.809. The second-order valence-electron chi connectivity index (χ2n) is 6.39. The van der Waals surface area contributed by atoms with E-state index in [1.807, 2.05) is 0 Å². The smallest absolute Gasteiger partial charge is 0.293 e. The van der Waals surface area contributed by atoms with Crippen molar-refractivity contribution in [1.29, 1.82) is 0 Å². The number of amides is 2. The predicted molar refractivity (Wildman–Crippen MR) is 79.7 cm³/mol. The van der Waals surface area contributed by atoms with Gasteiger partial charge in [-0.05, 0) is 25.5 Å². The van der Waals surface area contributed by atoms with E-state index in [2.05, 4.69) is 0 Å². The first-order chi connectivity index (χ1) is 10.8. The second-order valence-corrected chi connectivity index (χ2v) is 6.39. The molecule has 0 aliphatic carbocycles. The molecule has 23 heavy (non-hydrogen) atoms. The standard InChI is InChI=1S/C16H14N2O5/c1-8-3-4-9(10(7-8)18(21)22)17-14(19)12-11-5-6-16(2,23-11)13(12)15(17)20/h3-7,11-13H,1-2H3. The van der Waals surface area contributed by atoms with E-state index in [4.69, 9.17) is 4.74 Å². The number of carbonyl (C=O) groups excluding carboxylic acids is 2. The van der Waals surface area contributed by atoms with E-state index in [0.717, 1.165) is 4.90 Å². The van der Waals surface area contributed by atoms with Crippen LogP contribution in [0, 0.1) is 28.9 Å². The summed E-state index contributed by atoms with van der Waals surface area (Å²) in [5.74, 6) is -2.07. The van der Waals surface area contributed by atoms with Gasteiger partial charge in [-0.2, -0.15) is 0 Å². The zero-order valence-electron chi connectivity index (χ0n) is 12.6. The third-order valence-electron chi connectivity index (χ3n) is 4.90. The van der Waals surface area contributed by atoms with Gasteiger partial charge in [0, 0.05) is 6.07 Å². The number of hydrogen-bond donors (Lipinski definition) is 0. The summed E-state index contributed by atoms with van der Waals surface area (Å²) in [7, 11) is 0. The van der Waals surface area contributed by atoms with Gasteiger partial charge in [-0.15, -0.1) is 0 Å². The number of anilines is 1. The van der Waals surface area contributed by atoms with Crippen LogP contribution in [0.3, 0.4) is 0 Å². The summed E-state index contributed by atoms with van der Waals surface area (Å²) in [5.41, 5.74) is -0.320. The lowest BCUT2D eigenvalue weighted by molar-refractivity contribution is -0.384. The number of imide groups is 1. The minimum absolute atomic E-state index is 0.0352. The Hall–Kier alpha value is -2.54. The molecule has 2 saturated heterocycles. The largest absolute Gasteiger partial charge is 0.362 e. The summed E-state index contributed by atoms with van der Waals surface area (Å²) in [5, 5.41) is 11.3. The Morgan fingerprint density at radius 3 is 2.70 bits per heavy atom. The summed E-state index contributed by atoms with van der Waals surface area (Å²) in [6, 6.07) is 4.49. The van der Waals surface area contributed by atoms with Crippen molar-refractivity contribution in [1.82, 2.24) is 0 Å². The monoisotopic (exact) mass is 314 g/mol. The average molecular weight is 314 g/mol. The van der Waals surface area contributed by atoms with E-state index in [1.165, 1.54) is 12.1 Å². The molecule has 7 nitrogen and oxygen atoms in total. The van der Waals surface area contributed by atoms with Gasteiger partial charge in [0.15, 0.2) is 0 Å². The fourth-order valence-electron chi connectivity index (χ4n) is 3.86. The molecule has 0 spiro atoms. The summed E-state index contributed by atoms with van der Waals surface area (Å²) < 4.78 is 5.74. The molecule has 3 aliphatic rings. The lowest BCUT2D eigenvalue weighted by Crippen LogP contribution is -2.38. The SMILES string of the molecule is Cc1ccc(N2C(=O)C3C4C=CC(C)(O4)C3C2=O)c([N+](=O)[O-])c1. The first-order valence-corrected chi connectivity index (χ1v) is 7.33. The number of nitro groups is 1. The average Bonchev–Trinajstić information content (AvgIpc) is 3.09. The van der Waals surface area contributed by atoms with Crippen molar-refractivity contribution in [3.63, 3.8) is 0 Å². The maximum atomic E-state index is 12.8. The maximum absolute atomic E-state index is 12.8. The van der Waals surface area contributed by atoms with E-state index in [1.54, 1.807) is 32.1 Å². The summed E-state index contributed by atoms with van der Waals surface area (Å²) in [6.07, 6.45) is 3.16. The molecule has 2 bridgehead atoms. The van der Waals surface area contributed by atoms with Crippen LogP contribution < -0.4 is 4.90 Å². The number of rotatable bonds is 2. The molecular formula is C16H14N2O5. The Kier molecular flexibility index (Phi) is 2.61. The third-order valence-corrected chi connectivity index (χ3v) is 4.90. The molecule has 0 N–H and O–H groups in total. The molecule has 0 aromatic heterocycles. The fourth-order valence-corrected chi connectivity index (χ4v) is 3.86. The van der Waals surface area contributed by atoms with Gasteiger partial charge >= 0.3 is 0 Å². The summed E-state index contributed by atoms with van der Waals surface area (Å²) in [6.45, 7) is 3.49. The van der Waals surface area contributed by atoms with Gasteiger partial charge < -0.3 is 4.74 Å². The lowest BCUT2D eigenvalue weighted by Gasteiger charge is -2.24. The molecule has 7 heteroatoms. The van der Waals surface area contributed by atoms with Gasteiger partial charge in [-0.25, -0.2) is 4.90 Å². The van der Waals surface area contributed by atoms with Crippen LogP contribution >= 0.6 is 0 Å². The van der Waals surface area contributed by atoms with Gasteiger partial charge in [0.1, 0.15) is 5.69 Å². The van der Waals surface area contributed by atoms with Crippen molar-refractivity contribution in [2.75, 3.05) is 4.90 Å². The topological polar surface area (TPSA) is 89.8 Å². The molecule has 4 unspecified atom stereocenters. The van der Waals surface area contributed by atoms with Gasteiger partial charge in [0.2, 0.25) is 11.8 Å². The number of nitro benzene ring substituents is 1. The Morgan fingerprint density at radius 1 is 1.30 bits per heavy atom. The number of hydrogen-bond acceptors (Lipinski definition) is 5. The quantitative estimate of drug-likeness (QED) is 0.359. The van der Waals surface area contributed by atoms with Crippen LogP contribution in [-0.2, 0) is 14.3 Å². The zero-order valence-corrected chi connectivity index (χ0v) is 12.6. The second kappa shape index (κ2) is 4.26. The molecule has 0 radical (unpaired) electrons. The predicted octanol–water partition coefficient (Wildman–Crippen LogP) is 1.74. The van der Waals surface area contributed by atoms with Crippen LogP contribution in [0.2, 0.25) is 0 Å². The van der Waals surface area contributed by atoms with Crippen LogP contribution in [0.5, 0.6) is 0 Å². The van der Waals surface area contributed by atoms with Crippen LogP contribution in [0.1, 0.15) is 12.5 Å². The van der Waals surface area contributed by atoms with E-state index in [-0.39, 0.29) is 11.4 Å². The summed E-state index contributed by atoms with van der Waals surface area (Å²) in [4.78, 5) is 37.3. The maximum Gasteiger partial charge on any atom is 0.293 e. The first kappa shape index (κ1) is 14.1. The van der Waals surface area contributed by atoms with E-state index < -0.39 is 40.3 Å². The van der Waals surface area contributed by atoms with Gasteiger partial charge in [0.25, 0.3) is 5.69 Å². The Labute approximate surface area is 131 Å². The first-order valence-electron chi connectivity index (χ1n) is 7.33. The lowest BCUT2D eigenvalue weighted by atomic mass is 9.78. The van der Waals surface area contributed by atoms with Gasteiger partial charge in [-0.3, -0.25) is 19.7 Å². The highest BCUT2D eigenvalue weighted by Crippen LogP contribution is 2.52. The van der Waals surface area contributed by atoms with Gasteiger partial charge in [0.05, 0.1) is 28.5 Å². The van der Waals surface area contributed by atoms with Crippen LogP contribution in [0.15, 0.2) is 30.4 Å². The summed E-state index contributed by atoms with van der Waals surface area (Å²) >= 11 is 0. The molecule has 2 amide bonds. The molecule has 1 aromatic rings. The van der Waals surface area contributed by atoms with E-state index in [0.29, 0.717) is 5.56 Å². The normalized spacial score (nSPS) is 34.3. The van der Waals surface area contributed by atoms with Crippen molar-refractivity contribution in [3.8, 4) is 0 Å². The third kappa shape index (κ3) is 1.68. The van der Waals surface area contributed by atoms with Crippen LogP contribution in [-0.4, -0.2) is 28.4 Å². The number of fused-ring (bicyclic) bond motifs is 5. The van der Waals surface area contributed by atoms with Crippen molar-refractivity contribution >= 4 is 23.2 Å². The molecule has 0 saturated carbocycles. The number of aryl methyl sites for hydroxylation is 1. The van der Waals surface area contributed by atoms with E-state index in [9.17, 15) is 19.7 Å². The Bertz CT molecular complexity index is 802. The molecule has 4 rings (SSSR count). The number of carbonyl (C=O) groups is 2. The highest BCUT2D eigenvalue weighted by molar-refractivity contribution is 6.24. The molecule has 1 aromatic carbocycles. The molecule has 2 fully saturated rings. The van der Waals surface area contributed by atoms with Crippen molar-refractivity contribution in [3.05, 3.63) is 46.0 Å². The van der Waals surface area contributed by atoms with Gasteiger partial charge in [-0.1, -0.05) is 18.2 Å². The number of ether oxygens (including phenoxy) is 1. The Morgan fingerprint density at radius 2 is 2.04 bits per heavy atom. The van der Waals surface area contributed by atoms with Crippen molar-refractivity contribution < 1.29 is 19.2 Å². The number of nitrogens with zero attached hydrogens (tertiary/aromatic N) is 2. The van der Waals surface area contributed by atoms with Crippen molar-refractivity contribution in [2.24, 2.45) is 11.8 Å². The number of benzene rings is 1. The zero-order chi connectivity index (χ0) is 16.5. The molecular weight excluding hydrogens is 300 g/mol. The van der Waals surface area contributed by atoms with Crippen LogP contribution in [0.4, 0.5) is 11.4 Å². The molecule has 118 valence electrons. The fraction of sp³-hybridized carbons (Fsp3) is 0.375. The molecule has 3 heterocycles. The highest BCUT2D eigenvalue weighted by atomic mass is 16.6. The van der Waals surface area contributed by atoms with E-state index >= 15 is 0 Å². The molecule has 3 aliphatic heterocycles. The highest BCUT2D eigenvalue weighted by Gasteiger charge is 2.66. The molecule has 4 atom stereocenters. The van der Waals surface area contributed by atoms with Crippen molar-refractivity contribution in [2.45, 2.75) is 25.6 Å². The minimum Gasteiger partial charge on any atom is -0.362 e.